The van der Waals surface area contributed by atoms with E-state index in [1.807, 2.05) is 47.5 Å². The Bertz CT molecular complexity index is 881. The molecule has 2 N–H and O–H groups in total. The standard InChI is InChI=1S/C18H18N4O2/c23-18(15-5-4-14-6-7-19-16(14)13-15)21-11-9-20(10-12-21)17-3-1-2-8-22(17)24/h1-8,13H,9-12H2,(H-,19,23,24)/p+1. The summed E-state index contributed by atoms with van der Waals surface area (Å²) in [5.41, 5.74) is 1.68. The summed E-state index contributed by atoms with van der Waals surface area (Å²) in [5.74, 6) is 0.800. The van der Waals surface area contributed by atoms with Crippen LogP contribution in [-0.2, 0) is 0 Å². The SMILES string of the molecule is O=C(c1ccc2cc[nH]c2c1)N1CCN(c2cccc[n+]2O)CC1. The summed E-state index contributed by atoms with van der Waals surface area (Å²) >= 11 is 0. The number of pyridine rings is 1. The first-order valence-corrected chi connectivity index (χ1v) is 8.04. The van der Waals surface area contributed by atoms with E-state index in [0.29, 0.717) is 31.7 Å². The summed E-state index contributed by atoms with van der Waals surface area (Å²) in [6.45, 7) is 2.66. The van der Waals surface area contributed by atoms with Gasteiger partial charge < -0.3 is 15.1 Å². The van der Waals surface area contributed by atoms with Crippen molar-refractivity contribution >= 4 is 22.6 Å². The maximum Gasteiger partial charge on any atom is 0.316 e. The molecule has 1 fully saturated rings. The Balaban J connectivity index is 1.47. The van der Waals surface area contributed by atoms with Crippen molar-refractivity contribution in [3.8, 4) is 0 Å². The van der Waals surface area contributed by atoms with E-state index >= 15 is 0 Å². The van der Waals surface area contributed by atoms with Crippen LogP contribution >= 0.6 is 0 Å². The molecule has 1 aromatic carbocycles. The van der Waals surface area contributed by atoms with Gasteiger partial charge in [0.25, 0.3) is 5.91 Å². The Kier molecular flexibility index (Phi) is 3.57. The molecule has 0 bridgehead atoms. The number of aromatic nitrogens is 2. The van der Waals surface area contributed by atoms with Crippen molar-refractivity contribution in [2.75, 3.05) is 31.1 Å². The molecule has 1 saturated heterocycles. The first kappa shape index (κ1) is 14.6. The van der Waals surface area contributed by atoms with Crippen LogP contribution in [0.1, 0.15) is 10.4 Å². The van der Waals surface area contributed by atoms with E-state index in [-0.39, 0.29) is 5.91 Å². The fourth-order valence-corrected chi connectivity index (χ4v) is 3.18. The highest BCUT2D eigenvalue weighted by Crippen LogP contribution is 2.17. The number of benzene rings is 1. The number of H-pyrrole nitrogens is 1. The normalized spacial score (nSPS) is 15.0. The van der Waals surface area contributed by atoms with Crippen molar-refractivity contribution in [3.63, 3.8) is 0 Å². The van der Waals surface area contributed by atoms with Gasteiger partial charge in [-0.1, -0.05) is 16.9 Å². The minimum atomic E-state index is 0.0519. The Morgan fingerprint density at radius 1 is 1.08 bits per heavy atom. The molecule has 1 aliphatic rings. The molecule has 0 aliphatic carbocycles. The topological polar surface area (TPSA) is 63.5 Å². The van der Waals surface area contributed by atoms with E-state index in [2.05, 4.69) is 9.88 Å². The number of rotatable bonds is 2. The molecule has 3 heterocycles. The average molecular weight is 323 g/mol. The monoisotopic (exact) mass is 323 g/mol. The second kappa shape index (κ2) is 5.88. The molecule has 0 unspecified atom stereocenters. The fraction of sp³-hybridized carbons (Fsp3) is 0.222. The number of aromatic amines is 1. The second-order valence-electron chi connectivity index (χ2n) is 5.96. The number of fused-ring (bicyclic) bond motifs is 1. The van der Waals surface area contributed by atoms with Crippen LogP contribution in [-0.4, -0.2) is 47.2 Å². The molecule has 0 spiro atoms. The zero-order valence-electron chi connectivity index (χ0n) is 13.2. The smallest absolute Gasteiger partial charge is 0.316 e. The van der Waals surface area contributed by atoms with Crippen molar-refractivity contribution in [1.82, 2.24) is 9.88 Å². The summed E-state index contributed by atoms with van der Waals surface area (Å²) in [6, 6.07) is 13.3. The summed E-state index contributed by atoms with van der Waals surface area (Å²) in [4.78, 5) is 19.8. The molecule has 0 saturated carbocycles. The van der Waals surface area contributed by atoms with Crippen LogP contribution in [0.4, 0.5) is 5.82 Å². The minimum absolute atomic E-state index is 0.0519. The third kappa shape index (κ3) is 2.56. The highest BCUT2D eigenvalue weighted by atomic mass is 16.5. The number of hydrogen-bond donors (Lipinski definition) is 2. The molecule has 24 heavy (non-hydrogen) atoms. The van der Waals surface area contributed by atoms with Crippen LogP contribution in [0.25, 0.3) is 10.9 Å². The maximum absolute atomic E-state index is 12.7. The van der Waals surface area contributed by atoms with Crippen LogP contribution in [0.2, 0.25) is 0 Å². The molecule has 3 aromatic rings. The van der Waals surface area contributed by atoms with Crippen LogP contribution in [0.3, 0.4) is 0 Å². The zero-order valence-corrected chi connectivity index (χ0v) is 13.2. The van der Waals surface area contributed by atoms with Crippen molar-refractivity contribution in [1.29, 1.82) is 0 Å². The average Bonchev–Trinajstić information content (AvgIpc) is 3.09. The van der Waals surface area contributed by atoms with Crippen LogP contribution in [0.15, 0.2) is 54.9 Å². The largest absolute Gasteiger partial charge is 0.361 e. The quantitative estimate of drug-likeness (QED) is 0.557. The number of anilines is 1. The number of nitrogens with zero attached hydrogens (tertiary/aromatic N) is 3. The Morgan fingerprint density at radius 3 is 2.71 bits per heavy atom. The van der Waals surface area contributed by atoms with Gasteiger partial charge in [0.2, 0.25) is 0 Å². The van der Waals surface area contributed by atoms with Gasteiger partial charge in [-0.15, -0.1) is 0 Å². The van der Waals surface area contributed by atoms with E-state index in [4.69, 9.17) is 0 Å². The first-order chi connectivity index (χ1) is 11.7. The molecule has 1 amide bonds. The third-order valence-electron chi connectivity index (χ3n) is 4.51. The van der Waals surface area contributed by atoms with Gasteiger partial charge in [0, 0.05) is 23.3 Å². The Labute approximate surface area is 139 Å². The number of nitrogens with one attached hydrogen (secondary N) is 1. The van der Waals surface area contributed by atoms with E-state index in [1.165, 1.54) is 0 Å². The number of carbonyl (C=O) groups excluding carboxylic acids is 1. The Morgan fingerprint density at radius 2 is 1.92 bits per heavy atom. The van der Waals surface area contributed by atoms with Gasteiger partial charge in [-0.05, 0) is 29.7 Å². The highest BCUT2D eigenvalue weighted by molar-refractivity contribution is 5.98. The van der Waals surface area contributed by atoms with Gasteiger partial charge in [0.05, 0.1) is 13.1 Å². The van der Waals surface area contributed by atoms with Gasteiger partial charge >= 0.3 is 5.82 Å². The highest BCUT2D eigenvalue weighted by Gasteiger charge is 2.28. The number of amides is 1. The molecule has 6 nitrogen and oxygen atoms in total. The van der Waals surface area contributed by atoms with Crippen LogP contribution in [0, 0.1) is 0 Å². The lowest BCUT2D eigenvalue weighted by molar-refractivity contribution is -0.894. The summed E-state index contributed by atoms with van der Waals surface area (Å²) in [6.07, 6.45) is 3.49. The van der Waals surface area contributed by atoms with Crippen LogP contribution < -0.4 is 9.63 Å². The molecule has 2 aromatic heterocycles. The predicted molar refractivity (Wildman–Crippen MR) is 90.2 cm³/mol. The Hall–Kier alpha value is -3.02. The number of hydrogen-bond acceptors (Lipinski definition) is 3. The lowest BCUT2D eigenvalue weighted by Gasteiger charge is -2.31. The summed E-state index contributed by atoms with van der Waals surface area (Å²) in [5, 5.41) is 11.0. The first-order valence-electron chi connectivity index (χ1n) is 8.04. The lowest BCUT2D eigenvalue weighted by atomic mass is 10.1. The van der Waals surface area contributed by atoms with Gasteiger partial charge in [-0.25, -0.2) is 0 Å². The number of carbonyl (C=O) groups is 1. The van der Waals surface area contributed by atoms with Gasteiger partial charge in [0.15, 0.2) is 0 Å². The second-order valence-corrected chi connectivity index (χ2v) is 5.96. The number of piperazine rings is 1. The molecule has 0 radical (unpaired) electrons. The van der Waals surface area contributed by atoms with Crippen molar-refractivity contribution < 1.29 is 14.7 Å². The van der Waals surface area contributed by atoms with E-state index in [0.717, 1.165) is 21.5 Å². The van der Waals surface area contributed by atoms with Crippen molar-refractivity contribution in [2.45, 2.75) is 0 Å². The molecular weight excluding hydrogens is 304 g/mol. The minimum Gasteiger partial charge on any atom is -0.361 e. The molecule has 0 atom stereocenters. The molecule has 6 heteroatoms. The fourth-order valence-electron chi connectivity index (χ4n) is 3.18. The van der Waals surface area contributed by atoms with Gasteiger partial charge in [0.1, 0.15) is 19.3 Å². The molecule has 1 aliphatic heterocycles. The summed E-state index contributed by atoms with van der Waals surface area (Å²) in [7, 11) is 0. The van der Waals surface area contributed by atoms with E-state index in [9.17, 15) is 10.0 Å². The summed E-state index contributed by atoms with van der Waals surface area (Å²) < 4.78 is 1.12. The molecule has 4 rings (SSSR count). The lowest BCUT2D eigenvalue weighted by Crippen LogP contribution is -2.52. The van der Waals surface area contributed by atoms with Crippen LogP contribution in [0.5, 0.6) is 0 Å². The maximum atomic E-state index is 12.7. The van der Waals surface area contributed by atoms with E-state index in [1.54, 1.807) is 12.3 Å². The van der Waals surface area contributed by atoms with E-state index < -0.39 is 0 Å². The predicted octanol–water partition coefficient (Wildman–Crippen LogP) is 1.66. The van der Waals surface area contributed by atoms with Crippen molar-refractivity contribution in [3.05, 3.63) is 60.4 Å². The molecule has 122 valence electrons. The zero-order chi connectivity index (χ0) is 16.5. The van der Waals surface area contributed by atoms with Gasteiger partial charge in [-0.2, -0.15) is 0 Å². The van der Waals surface area contributed by atoms with Gasteiger partial charge in [-0.3, -0.25) is 9.69 Å². The molecular formula is C18H19N4O2+. The third-order valence-corrected chi connectivity index (χ3v) is 4.51. The van der Waals surface area contributed by atoms with Crippen molar-refractivity contribution in [2.24, 2.45) is 0 Å².